The molecule has 2 aliphatic heterocycles. The van der Waals surface area contributed by atoms with Crippen molar-refractivity contribution in [1.29, 1.82) is 0 Å². The minimum atomic E-state index is -0.0386. The number of benzene rings is 2. The second kappa shape index (κ2) is 9.26. The summed E-state index contributed by atoms with van der Waals surface area (Å²) in [5, 5.41) is 0.762. The van der Waals surface area contributed by atoms with Crippen molar-refractivity contribution < 1.29 is 4.79 Å². The first kappa shape index (κ1) is 20.4. The number of rotatable bonds is 5. The van der Waals surface area contributed by atoms with Gasteiger partial charge in [0.05, 0.1) is 12.1 Å². The zero-order chi connectivity index (χ0) is 20.2. The largest absolute Gasteiger partial charge is 0.340 e. The summed E-state index contributed by atoms with van der Waals surface area (Å²) in [6.07, 6.45) is 2.11. The van der Waals surface area contributed by atoms with Crippen LogP contribution in [-0.4, -0.2) is 48.1 Å². The molecular weight excluding hydrogens is 384 g/mol. The van der Waals surface area contributed by atoms with Gasteiger partial charge < -0.3 is 4.90 Å². The van der Waals surface area contributed by atoms with E-state index in [-0.39, 0.29) is 24.0 Å². The molecule has 2 heterocycles. The molecule has 0 radical (unpaired) electrons. The third-order valence-electron chi connectivity index (χ3n) is 6.13. The van der Waals surface area contributed by atoms with Gasteiger partial charge in [-0.25, -0.2) is 10.9 Å². The SMILES string of the molecule is CCC(C(=O)N1CCN(C2CC(c3ccc(Cl)cc3)NN2)CC1)c1ccccc1. The van der Waals surface area contributed by atoms with Gasteiger partial charge in [0.25, 0.3) is 0 Å². The van der Waals surface area contributed by atoms with Gasteiger partial charge in [0.2, 0.25) is 5.91 Å². The van der Waals surface area contributed by atoms with Crippen molar-refractivity contribution in [2.45, 2.75) is 37.9 Å². The summed E-state index contributed by atoms with van der Waals surface area (Å²) < 4.78 is 0. The smallest absolute Gasteiger partial charge is 0.230 e. The zero-order valence-electron chi connectivity index (χ0n) is 16.9. The molecular formula is C23H29ClN4O. The second-order valence-electron chi connectivity index (χ2n) is 7.88. The molecule has 2 N–H and O–H groups in total. The highest BCUT2D eigenvalue weighted by Crippen LogP contribution is 2.27. The standard InChI is InChI=1S/C23H29ClN4O/c1-2-20(17-6-4-3-5-7-17)23(29)28-14-12-27(13-15-28)22-16-21(25-26-22)18-8-10-19(24)11-9-18/h3-11,20-22,25-26H,2,12-16H2,1H3. The molecule has 2 aromatic rings. The summed E-state index contributed by atoms with van der Waals surface area (Å²) in [5.74, 6) is 0.221. The van der Waals surface area contributed by atoms with Gasteiger partial charge in [0.1, 0.15) is 0 Å². The topological polar surface area (TPSA) is 47.6 Å². The van der Waals surface area contributed by atoms with Crippen LogP contribution >= 0.6 is 11.6 Å². The molecule has 0 aromatic heterocycles. The molecule has 0 spiro atoms. The Balaban J connectivity index is 1.31. The fourth-order valence-electron chi connectivity index (χ4n) is 4.41. The van der Waals surface area contributed by atoms with E-state index in [0.717, 1.165) is 49.6 Å². The number of hydrogen-bond donors (Lipinski definition) is 2. The molecule has 0 aliphatic carbocycles. The molecule has 1 amide bonds. The molecule has 2 saturated heterocycles. The number of nitrogens with one attached hydrogen (secondary N) is 2. The number of nitrogens with zero attached hydrogens (tertiary/aromatic N) is 2. The van der Waals surface area contributed by atoms with Crippen LogP contribution in [0.2, 0.25) is 5.02 Å². The summed E-state index contributed by atoms with van der Waals surface area (Å²) in [7, 11) is 0. The van der Waals surface area contributed by atoms with Gasteiger partial charge in [-0.05, 0) is 36.1 Å². The molecule has 4 rings (SSSR count). The monoisotopic (exact) mass is 412 g/mol. The molecule has 0 saturated carbocycles. The van der Waals surface area contributed by atoms with E-state index in [9.17, 15) is 4.79 Å². The van der Waals surface area contributed by atoms with E-state index in [4.69, 9.17) is 11.6 Å². The van der Waals surface area contributed by atoms with Crippen LogP contribution in [0.15, 0.2) is 54.6 Å². The summed E-state index contributed by atoms with van der Waals surface area (Å²) in [4.78, 5) is 17.6. The van der Waals surface area contributed by atoms with Crippen LogP contribution in [0.4, 0.5) is 0 Å². The molecule has 2 fully saturated rings. The highest BCUT2D eigenvalue weighted by molar-refractivity contribution is 6.30. The predicted molar refractivity (Wildman–Crippen MR) is 116 cm³/mol. The number of piperazine rings is 1. The fourth-order valence-corrected chi connectivity index (χ4v) is 4.53. The lowest BCUT2D eigenvalue weighted by Crippen LogP contribution is -2.55. The first-order valence-corrected chi connectivity index (χ1v) is 10.9. The Kier molecular flexibility index (Phi) is 6.50. The summed E-state index contributed by atoms with van der Waals surface area (Å²) >= 11 is 6.00. The van der Waals surface area contributed by atoms with Crippen LogP contribution in [-0.2, 0) is 4.79 Å². The molecule has 2 aromatic carbocycles. The molecule has 5 nitrogen and oxygen atoms in total. The highest BCUT2D eigenvalue weighted by atomic mass is 35.5. The van der Waals surface area contributed by atoms with Crippen molar-refractivity contribution in [3.8, 4) is 0 Å². The van der Waals surface area contributed by atoms with Gasteiger partial charge in [-0.2, -0.15) is 0 Å². The quantitative estimate of drug-likeness (QED) is 0.788. The van der Waals surface area contributed by atoms with Gasteiger partial charge in [-0.15, -0.1) is 0 Å². The number of hydrogen-bond acceptors (Lipinski definition) is 4. The number of halogens is 1. The van der Waals surface area contributed by atoms with E-state index < -0.39 is 0 Å². The van der Waals surface area contributed by atoms with Crippen LogP contribution < -0.4 is 10.9 Å². The summed E-state index contributed by atoms with van der Waals surface area (Å²) in [6.45, 7) is 5.45. The third-order valence-corrected chi connectivity index (χ3v) is 6.38. The van der Waals surface area contributed by atoms with Crippen LogP contribution in [0.5, 0.6) is 0 Å². The van der Waals surface area contributed by atoms with E-state index in [1.54, 1.807) is 0 Å². The van der Waals surface area contributed by atoms with Crippen LogP contribution in [0.3, 0.4) is 0 Å². The average Bonchev–Trinajstić information content (AvgIpc) is 3.26. The minimum absolute atomic E-state index is 0.0386. The number of carbonyl (C=O) groups excluding carboxylic acids is 1. The van der Waals surface area contributed by atoms with Gasteiger partial charge in [-0.3, -0.25) is 9.69 Å². The Morgan fingerprint density at radius 1 is 1.03 bits per heavy atom. The van der Waals surface area contributed by atoms with E-state index in [2.05, 4.69) is 46.9 Å². The molecule has 2 aliphatic rings. The van der Waals surface area contributed by atoms with Crippen LogP contribution in [0.25, 0.3) is 0 Å². The predicted octanol–water partition coefficient (Wildman–Crippen LogP) is 3.54. The summed E-state index contributed by atoms with van der Waals surface area (Å²) in [5.41, 5.74) is 9.20. The number of amides is 1. The maximum atomic E-state index is 13.1. The van der Waals surface area contributed by atoms with Gasteiger partial charge in [0, 0.05) is 37.2 Å². The molecule has 0 bridgehead atoms. The Morgan fingerprint density at radius 3 is 2.38 bits per heavy atom. The first-order chi connectivity index (χ1) is 14.2. The maximum absolute atomic E-state index is 13.1. The Morgan fingerprint density at radius 2 is 1.72 bits per heavy atom. The van der Waals surface area contributed by atoms with Crippen molar-refractivity contribution in [1.82, 2.24) is 20.7 Å². The fraction of sp³-hybridized carbons (Fsp3) is 0.435. The van der Waals surface area contributed by atoms with Crippen molar-refractivity contribution in [2.24, 2.45) is 0 Å². The Bertz CT molecular complexity index is 805. The van der Waals surface area contributed by atoms with Crippen LogP contribution in [0, 0.1) is 0 Å². The Labute approximate surface area is 178 Å². The summed E-state index contributed by atoms with van der Waals surface area (Å²) in [6, 6.07) is 18.5. The second-order valence-corrected chi connectivity index (χ2v) is 8.31. The zero-order valence-corrected chi connectivity index (χ0v) is 17.6. The van der Waals surface area contributed by atoms with Crippen molar-refractivity contribution in [2.75, 3.05) is 26.2 Å². The highest BCUT2D eigenvalue weighted by Gasteiger charge is 2.33. The lowest BCUT2D eigenvalue weighted by atomic mass is 9.94. The molecule has 154 valence electrons. The first-order valence-electron chi connectivity index (χ1n) is 10.5. The average molecular weight is 413 g/mol. The van der Waals surface area contributed by atoms with E-state index in [0.29, 0.717) is 0 Å². The van der Waals surface area contributed by atoms with Gasteiger partial charge in [-0.1, -0.05) is 61.0 Å². The van der Waals surface area contributed by atoms with Crippen molar-refractivity contribution in [3.63, 3.8) is 0 Å². The van der Waals surface area contributed by atoms with E-state index in [1.165, 1.54) is 5.56 Å². The lowest BCUT2D eigenvalue weighted by Gasteiger charge is -2.39. The number of hydrazine groups is 1. The van der Waals surface area contributed by atoms with Crippen molar-refractivity contribution in [3.05, 3.63) is 70.7 Å². The van der Waals surface area contributed by atoms with Gasteiger partial charge >= 0.3 is 0 Å². The van der Waals surface area contributed by atoms with Crippen LogP contribution in [0.1, 0.15) is 42.9 Å². The molecule has 6 heteroatoms. The molecule has 3 unspecified atom stereocenters. The van der Waals surface area contributed by atoms with Crippen molar-refractivity contribution >= 4 is 17.5 Å². The normalized spacial score (nSPS) is 23.9. The number of carbonyl (C=O) groups is 1. The lowest BCUT2D eigenvalue weighted by molar-refractivity contribution is -0.135. The van der Waals surface area contributed by atoms with E-state index in [1.807, 2.05) is 35.2 Å². The molecule has 3 atom stereocenters. The Hall–Kier alpha value is -1.92. The van der Waals surface area contributed by atoms with E-state index >= 15 is 0 Å². The maximum Gasteiger partial charge on any atom is 0.230 e. The third kappa shape index (κ3) is 4.64. The molecule has 29 heavy (non-hydrogen) atoms. The van der Waals surface area contributed by atoms with Gasteiger partial charge in [0.15, 0.2) is 0 Å². The minimum Gasteiger partial charge on any atom is -0.340 e.